The summed E-state index contributed by atoms with van der Waals surface area (Å²) in [5, 5.41) is 12.7. The highest BCUT2D eigenvalue weighted by Crippen LogP contribution is 2.29. The van der Waals surface area contributed by atoms with Crippen LogP contribution in [-0.4, -0.2) is 64.0 Å². The second kappa shape index (κ2) is 8.35. The van der Waals surface area contributed by atoms with Crippen molar-refractivity contribution in [3.63, 3.8) is 0 Å². The van der Waals surface area contributed by atoms with Crippen molar-refractivity contribution in [3.8, 4) is 0 Å². The lowest BCUT2D eigenvalue weighted by molar-refractivity contribution is 0.0865. The van der Waals surface area contributed by atoms with Crippen LogP contribution in [0.15, 0.2) is 30.3 Å². The lowest BCUT2D eigenvalue weighted by Crippen LogP contribution is -2.49. The van der Waals surface area contributed by atoms with Gasteiger partial charge >= 0.3 is 0 Å². The highest BCUT2D eigenvalue weighted by molar-refractivity contribution is 5.46. The minimum atomic E-state index is 0.235. The zero-order chi connectivity index (χ0) is 18.6. The predicted octanol–water partition coefficient (Wildman–Crippen LogP) is 2.37. The second-order valence-electron chi connectivity index (χ2n) is 7.90. The third-order valence-electron chi connectivity index (χ3n) is 5.69. The Morgan fingerprint density at radius 2 is 1.89 bits per heavy atom. The van der Waals surface area contributed by atoms with Gasteiger partial charge in [0.15, 0.2) is 5.82 Å². The van der Waals surface area contributed by atoms with Gasteiger partial charge in [-0.3, -0.25) is 4.90 Å². The maximum Gasteiger partial charge on any atom is 0.168 e. The van der Waals surface area contributed by atoms with Crippen LogP contribution in [-0.2, 0) is 11.3 Å². The molecule has 0 bridgehead atoms. The van der Waals surface area contributed by atoms with E-state index in [1.165, 1.54) is 5.69 Å². The smallest absolute Gasteiger partial charge is 0.168 e. The van der Waals surface area contributed by atoms with Crippen molar-refractivity contribution in [2.24, 2.45) is 5.92 Å². The van der Waals surface area contributed by atoms with Gasteiger partial charge in [-0.15, -0.1) is 5.10 Å². The van der Waals surface area contributed by atoms with E-state index in [1.807, 2.05) is 4.68 Å². The van der Waals surface area contributed by atoms with E-state index < -0.39 is 0 Å². The number of ether oxygens (including phenoxy) is 1. The minimum absolute atomic E-state index is 0.235. The summed E-state index contributed by atoms with van der Waals surface area (Å²) in [6.07, 6.45) is 2.48. The largest absolute Gasteiger partial charge is 0.376 e. The zero-order valence-electron chi connectivity index (χ0n) is 16.4. The first kappa shape index (κ1) is 18.4. The molecule has 146 valence electrons. The van der Waals surface area contributed by atoms with E-state index in [-0.39, 0.29) is 12.1 Å². The fourth-order valence-electron chi connectivity index (χ4n) is 4.31. The van der Waals surface area contributed by atoms with Crippen LogP contribution in [0.3, 0.4) is 0 Å². The molecule has 0 N–H and O–H groups in total. The lowest BCUT2D eigenvalue weighted by atomic mass is 10.0. The van der Waals surface area contributed by atoms with Crippen LogP contribution in [0.1, 0.15) is 38.6 Å². The summed E-state index contributed by atoms with van der Waals surface area (Å²) in [6.45, 7) is 10.2. The van der Waals surface area contributed by atoms with Crippen LogP contribution >= 0.6 is 0 Å². The summed E-state index contributed by atoms with van der Waals surface area (Å²) in [5.74, 6) is 1.43. The number of para-hydroxylation sites is 1. The van der Waals surface area contributed by atoms with E-state index in [0.717, 1.165) is 58.0 Å². The Morgan fingerprint density at radius 1 is 1.11 bits per heavy atom. The third kappa shape index (κ3) is 4.14. The topological polar surface area (TPSA) is 59.3 Å². The van der Waals surface area contributed by atoms with Crippen LogP contribution in [0.4, 0.5) is 5.69 Å². The molecule has 3 heterocycles. The normalized spacial score (nSPS) is 22.5. The molecule has 0 aliphatic carbocycles. The molecule has 0 unspecified atom stereocenters. The zero-order valence-corrected chi connectivity index (χ0v) is 16.4. The van der Waals surface area contributed by atoms with Gasteiger partial charge in [0.05, 0.1) is 18.7 Å². The van der Waals surface area contributed by atoms with E-state index in [1.54, 1.807) is 0 Å². The van der Waals surface area contributed by atoms with Gasteiger partial charge in [-0.25, -0.2) is 4.68 Å². The van der Waals surface area contributed by atoms with E-state index >= 15 is 0 Å². The summed E-state index contributed by atoms with van der Waals surface area (Å²) in [7, 11) is 0. The molecular formula is C20H30N6O. The van der Waals surface area contributed by atoms with Crippen LogP contribution < -0.4 is 4.90 Å². The van der Waals surface area contributed by atoms with E-state index in [2.05, 4.69) is 69.5 Å². The SMILES string of the molecule is CC(C)[C@H](c1nnnn1C[C@@H]1CCCO1)N1CCN(c2ccccc2)CC1. The van der Waals surface area contributed by atoms with E-state index in [9.17, 15) is 0 Å². The molecule has 2 fully saturated rings. The monoisotopic (exact) mass is 370 g/mol. The average Bonchev–Trinajstić information content (AvgIpc) is 3.36. The Hall–Kier alpha value is -1.99. The maximum absolute atomic E-state index is 5.79. The second-order valence-corrected chi connectivity index (χ2v) is 7.90. The fraction of sp³-hybridized carbons (Fsp3) is 0.650. The van der Waals surface area contributed by atoms with Crippen molar-refractivity contribution in [3.05, 3.63) is 36.2 Å². The van der Waals surface area contributed by atoms with Crippen molar-refractivity contribution in [1.82, 2.24) is 25.1 Å². The highest BCUT2D eigenvalue weighted by Gasteiger charge is 2.32. The third-order valence-corrected chi connectivity index (χ3v) is 5.69. The molecule has 2 aliphatic rings. The Morgan fingerprint density at radius 3 is 2.56 bits per heavy atom. The number of tetrazole rings is 1. The molecule has 4 rings (SSSR count). The van der Waals surface area contributed by atoms with Gasteiger partial charge in [0, 0.05) is 38.5 Å². The van der Waals surface area contributed by atoms with Gasteiger partial charge in [-0.05, 0) is 41.3 Å². The summed E-state index contributed by atoms with van der Waals surface area (Å²) < 4.78 is 7.77. The van der Waals surface area contributed by atoms with Crippen molar-refractivity contribution in [2.75, 3.05) is 37.7 Å². The summed E-state index contributed by atoms with van der Waals surface area (Å²) in [6, 6.07) is 10.9. The molecule has 2 atom stereocenters. The maximum atomic E-state index is 5.79. The Balaban J connectivity index is 1.45. The summed E-state index contributed by atoms with van der Waals surface area (Å²) in [5.41, 5.74) is 1.31. The molecule has 1 aromatic heterocycles. The molecule has 0 radical (unpaired) electrons. The van der Waals surface area contributed by atoms with Crippen LogP contribution in [0.2, 0.25) is 0 Å². The fourth-order valence-corrected chi connectivity index (χ4v) is 4.31. The van der Waals surface area contributed by atoms with Crippen molar-refractivity contribution >= 4 is 5.69 Å². The highest BCUT2D eigenvalue weighted by atomic mass is 16.5. The van der Waals surface area contributed by atoms with Gasteiger partial charge in [-0.2, -0.15) is 0 Å². The number of hydrogen-bond acceptors (Lipinski definition) is 6. The molecule has 0 amide bonds. The molecule has 1 aromatic carbocycles. The Labute approximate surface area is 161 Å². The van der Waals surface area contributed by atoms with Gasteiger partial charge < -0.3 is 9.64 Å². The van der Waals surface area contributed by atoms with Crippen molar-refractivity contribution < 1.29 is 4.74 Å². The average molecular weight is 371 g/mol. The number of aromatic nitrogens is 4. The molecule has 7 heteroatoms. The standard InChI is InChI=1S/C20H30N6O/c1-16(2)19(20-21-22-23-26(20)15-18-9-6-14-27-18)25-12-10-24(11-13-25)17-7-4-3-5-8-17/h3-5,7-8,16,18-19H,6,9-15H2,1-2H3/t18-,19+/m0/s1. The summed E-state index contributed by atoms with van der Waals surface area (Å²) in [4.78, 5) is 5.00. The number of benzene rings is 1. The molecule has 0 saturated carbocycles. The number of hydrogen-bond donors (Lipinski definition) is 0. The van der Waals surface area contributed by atoms with Gasteiger partial charge in [0.1, 0.15) is 0 Å². The molecule has 2 aliphatic heterocycles. The quantitative estimate of drug-likeness (QED) is 0.778. The number of piperazine rings is 1. The van der Waals surface area contributed by atoms with Crippen LogP contribution in [0.25, 0.3) is 0 Å². The van der Waals surface area contributed by atoms with Crippen LogP contribution in [0, 0.1) is 5.92 Å². The molecule has 0 spiro atoms. The Kier molecular flexibility index (Phi) is 5.69. The van der Waals surface area contributed by atoms with E-state index in [0.29, 0.717) is 5.92 Å². The lowest BCUT2D eigenvalue weighted by Gasteiger charge is -2.41. The number of anilines is 1. The predicted molar refractivity (Wildman–Crippen MR) is 105 cm³/mol. The number of rotatable bonds is 6. The minimum Gasteiger partial charge on any atom is -0.376 e. The molecule has 27 heavy (non-hydrogen) atoms. The molecule has 7 nitrogen and oxygen atoms in total. The van der Waals surface area contributed by atoms with Gasteiger partial charge in [0.25, 0.3) is 0 Å². The first-order chi connectivity index (χ1) is 13.2. The van der Waals surface area contributed by atoms with Gasteiger partial charge in [-0.1, -0.05) is 32.0 Å². The first-order valence-corrected chi connectivity index (χ1v) is 10.1. The first-order valence-electron chi connectivity index (χ1n) is 10.1. The van der Waals surface area contributed by atoms with Crippen molar-refractivity contribution in [2.45, 2.75) is 45.4 Å². The van der Waals surface area contributed by atoms with Crippen LogP contribution in [0.5, 0.6) is 0 Å². The number of nitrogens with zero attached hydrogens (tertiary/aromatic N) is 6. The molecule has 2 saturated heterocycles. The molecular weight excluding hydrogens is 340 g/mol. The summed E-state index contributed by atoms with van der Waals surface area (Å²) >= 11 is 0. The Bertz CT molecular complexity index is 704. The van der Waals surface area contributed by atoms with Gasteiger partial charge in [0.2, 0.25) is 0 Å². The molecule has 2 aromatic rings. The van der Waals surface area contributed by atoms with Crippen molar-refractivity contribution in [1.29, 1.82) is 0 Å². The van der Waals surface area contributed by atoms with E-state index in [4.69, 9.17) is 4.74 Å².